The van der Waals surface area contributed by atoms with Gasteiger partial charge in [-0.3, -0.25) is 4.79 Å². The fraction of sp³-hybridized carbons (Fsp3) is 0.765. The smallest absolute Gasteiger partial charge is 0.314 e. The lowest BCUT2D eigenvalue weighted by Gasteiger charge is -2.39. The van der Waals surface area contributed by atoms with E-state index in [1.54, 1.807) is 15.9 Å². The van der Waals surface area contributed by atoms with Gasteiger partial charge in [0.1, 0.15) is 0 Å². The molecule has 3 amide bonds. The molecule has 0 radical (unpaired) electrons. The minimum atomic E-state index is -0.415. The van der Waals surface area contributed by atoms with Crippen LogP contribution in [0.15, 0.2) is 12.2 Å². The number of nitrogens with zero attached hydrogens (tertiary/aromatic N) is 2. The third-order valence-electron chi connectivity index (χ3n) is 5.82. The van der Waals surface area contributed by atoms with E-state index in [9.17, 15) is 9.59 Å². The van der Waals surface area contributed by atoms with Crippen molar-refractivity contribution in [2.24, 2.45) is 17.1 Å². The first-order valence-electron chi connectivity index (χ1n) is 8.43. The predicted octanol–water partition coefficient (Wildman–Crippen LogP) is 1.36. The van der Waals surface area contributed by atoms with Crippen LogP contribution in [0.4, 0.5) is 4.79 Å². The average molecular weight is 321 g/mol. The summed E-state index contributed by atoms with van der Waals surface area (Å²) in [5.74, 6) is 0.265. The lowest BCUT2D eigenvalue weighted by molar-refractivity contribution is -0.127. The van der Waals surface area contributed by atoms with Crippen LogP contribution in [0.2, 0.25) is 0 Å². The molecule has 3 unspecified atom stereocenters. The first-order chi connectivity index (χ1) is 10.7. The maximum atomic E-state index is 12.4. The number of primary amides is 1. The molecule has 0 aromatic carbocycles. The lowest BCUT2D eigenvalue weighted by atomic mass is 9.64. The van der Waals surface area contributed by atoms with Gasteiger partial charge in [-0.05, 0) is 31.3 Å². The van der Waals surface area contributed by atoms with Gasteiger partial charge in [-0.1, -0.05) is 19.9 Å². The van der Waals surface area contributed by atoms with Crippen molar-refractivity contribution in [3.05, 3.63) is 12.2 Å². The van der Waals surface area contributed by atoms with Gasteiger partial charge >= 0.3 is 6.03 Å². The van der Waals surface area contributed by atoms with Crippen LogP contribution in [-0.4, -0.2) is 59.6 Å². The first kappa shape index (κ1) is 16.3. The molecule has 0 spiro atoms. The minimum absolute atomic E-state index is 0.0105. The number of epoxide rings is 1. The number of piperazine rings is 1. The molecule has 1 aliphatic carbocycles. The Morgan fingerprint density at radius 1 is 1.13 bits per heavy atom. The van der Waals surface area contributed by atoms with Gasteiger partial charge < -0.3 is 20.3 Å². The quantitative estimate of drug-likeness (QED) is 0.616. The second-order valence-electron chi connectivity index (χ2n) is 7.80. The number of carbonyl (C=O) groups excluding carboxylic acids is 2. The molecule has 0 bridgehead atoms. The molecule has 0 aromatic heterocycles. The highest BCUT2D eigenvalue weighted by Gasteiger charge is 2.63. The van der Waals surface area contributed by atoms with E-state index >= 15 is 0 Å². The summed E-state index contributed by atoms with van der Waals surface area (Å²) in [6, 6.07) is -0.415. The zero-order chi connectivity index (χ0) is 16.8. The molecular weight excluding hydrogens is 294 g/mol. The molecule has 3 atom stereocenters. The fourth-order valence-corrected chi connectivity index (χ4v) is 4.21. The van der Waals surface area contributed by atoms with Gasteiger partial charge in [-0.15, -0.1) is 0 Å². The molecule has 2 heterocycles. The molecule has 3 aliphatic rings. The molecule has 0 aromatic rings. The number of fused-ring (bicyclic) bond motifs is 1. The van der Waals surface area contributed by atoms with Crippen LogP contribution in [-0.2, 0) is 9.53 Å². The van der Waals surface area contributed by atoms with E-state index in [-0.39, 0.29) is 22.8 Å². The lowest BCUT2D eigenvalue weighted by Crippen LogP contribution is -2.51. The summed E-state index contributed by atoms with van der Waals surface area (Å²) in [5.41, 5.74) is 5.30. The molecule has 1 saturated carbocycles. The zero-order valence-electron chi connectivity index (χ0n) is 14.2. The van der Waals surface area contributed by atoms with Gasteiger partial charge in [0.2, 0.25) is 5.91 Å². The molecule has 6 heteroatoms. The largest absolute Gasteiger partial charge is 0.366 e. The van der Waals surface area contributed by atoms with Crippen LogP contribution in [0.25, 0.3) is 0 Å². The SMILES string of the molecule is CC1(C)CCC2OC2(C)C1/C=C/C(=O)N1CCN(C(N)=O)CC1. The normalized spacial score (nSPS) is 36.0. The molecule has 23 heavy (non-hydrogen) atoms. The van der Waals surface area contributed by atoms with Crippen LogP contribution in [0.5, 0.6) is 0 Å². The van der Waals surface area contributed by atoms with Crippen molar-refractivity contribution in [2.75, 3.05) is 26.2 Å². The summed E-state index contributed by atoms with van der Waals surface area (Å²) in [6.45, 7) is 8.75. The molecular formula is C17H27N3O3. The van der Waals surface area contributed by atoms with E-state index < -0.39 is 6.03 Å². The molecule has 3 fully saturated rings. The van der Waals surface area contributed by atoms with E-state index in [0.717, 1.165) is 12.8 Å². The van der Waals surface area contributed by atoms with E-state index in [1.165, 1.54) is 0 Å². The standard InChI is InChI=1S/C17H27N3O3/c1-16(2)7-6-13-17(3,23-13)12(16)4-5-14(21)19-8-10-20(11-9-19)15(18)22/h4-5,12-13H,6-11H2,1-3H3,(H2,18,22)/b5-4+. The fourth-order valence-electron chi connectivity index (χ4n) is 4.21. The molecule has 2 saturated heterocycles. The van der Waals surface area contributed by atoms with Gasteiger partial charge in [-0.25, -0.2) is 4.79 Å². The van der Waals surface area contributed by atoms with E-state index in [4.69, 9.17) is 10.5 Å². The Bertz CT molecular complexity index is 532. The molecule has 128 valence electrons. The summed E-state index contributed by atoms with van der Waals surface area (Å²) in [5, 5.41) is 0. The Kier molecular flexibility index (Phi) is 3.91. The summed E-state index contributed by atoms with van der Waals surface area (Å²) >= 11 is 0. The minimum Gasteiger partial charge on any atom is -0.366 e. The summed E-state index contributed by atoms with van der Waals surface area (Å²) < 4.78 is 5.90. The number of amides is 3. The predicted molar refractivity (Wildman–Crippen MR) is 86.7 cm³/mol. The van der Waals surface area contributed by atoms with Crippen molar-refractivity contribution in [3.63, 3.8) is 0 Å². The van der Waals surface area contributed by atoms with Crippen molar-refractivity contribution in [2.45, 2.75) is 45.3 Å². The van der Waals surface area contributed by atoms with Gasteiger partial charge in [0.15, 0.2) is 0 Å². The van der Waals surface area contributed by atoms with Crippen molar-refractivity contribution in [3.8, 4) is 0 Å². The van der Waals surface area contributed by atoms with Gasteiger partial charge in [0.05, 0.1) is 11.7 Å². The number of ether oxygens (including phenoxy) is 1. The van der Waals surface area contributed by atoms with Gasteiger partial charge in [0.25, 0.3) is 0 Å². The highest BCUT2D eigenvalue weighted by Crippen LogP contribution is 2.58. The zero-order valence-corrected chi connectivity index (χ0v) is 14.2. The van der Waals surface area contributed by atoms with Crippen LogP contribution >= 0.6 is 0 Å². The summed E-state index contributed by atoms with van der Waals surface area (Å²) in [7, 11) is 0. The highest BCUT2D eigenvalue weighted by molar-refractivity contribution is 5.88. The van der Waals surface area contributed by atoms with Crippen LogP contribution < -0.4 is 5.73 Å². The second kappa shape index (κ2) is 5.51. The number of urea groups is 1. The van der Waals surface area contributed by atoms with Crippen molar-refractivity contribution >= 4 is 11.9 Å². The molecule has 3 rings (SSSR count). The number of nitrogens with two attached hydrogens (primary N) is 1. The van der Waals surface area contributed by atoms with Gasteiger partial charge in [0, 0.05) is 32.1 Å². The van der Waals surface area contributed by atoms with E-state index in [0.29, 0.717) is 32.3 Å². The van der Waals surface area contributed by atoms with Crippen molar-refractivity contribution in [1.29, 1.82) is 0 Å². The Morgan fingerprint density at radius 3 is 2.35 bits per heavy atom. The monoisotopic (exact) mass is 321 g/mol. The topological polar surface area (TPSA) is 79.2 Å². The maximum absolute atomic E-state index is 12.4. The van der Waals surface area contributed by atoms with E-state index in [1.807, 2.05) is 6.08 Å². The highest BCUT2D eigenvalue weighted by atomic mass is 16.6. The Hall–Kier alpha value is -1.56. The van der Waals surface area contributed by atoms with Crippen LogP contribution in [0.1, 0.15) is 33.6 Å². The first-order valence-corrected chi connectivity index (χ1v) is 8.43. The van der Waals surface area contributed by atoms with Crippen molar-refractivity contribution in [1.82, 2.24) is 9.80 Å². The molecule has 2 N–H and O–H groups in total. The third-order valence-corrected chi connectivity index (χ3v) is 5.82. The summed E-state index contributed by atoms with van der Waals surface area (Å²) in [6.07, 6.45) is 6.31. The Morgan fingerprint density at radius 2 is 1.74 bits per heavy atom. The van der Waals surface area contributed by atoms with Crippen LogP contribution in [0.3, 0.4) is 0 Å². The number of rotatable bonds is 2. The Labute approximate surface area is 137 Å². The van der Waals surface area contributed by atoms with E-state index in [2.05, 4.69) is 20.8 Å². The van der Waals surface area contributed by atoms with Gasteiger partial charge in [-0.2, -0.15) is 0 Å². The number of carbonyl (C=O) groups is 2. The third kappa shape index (κ3) is 2.96. The number of hydrogen-bond acceptors (Lipinski definition) is 3. The van der Waals surface area contributed by atoms with Crippen LogP contribution in [0, 0.1) is 11.3 Å². The average Bonchev–Trinajstić information content (AvgIpc) is 3.17. The summed E-state index contributed by atoms with van der Waals surface area (Å²) in [4.78, 5) is 26.9. The molecule has 2 aliphatic heterocycles. The molecule has 6 nitrogen and oxygen atoms in total. The maximum Gasteiger partial charge on any atom is 0.314 e. The second-order valence-corrected chi connectivity index (χ2v) is 7.80. The number of hydrogen-bond donors (Lipinski definition) is 1. The Balaban J connectivity index is 1.61. The van der Waals surface area contributed by atoms with Crippen molar-refractivity contribution < 1.29 is 14.3 Å².